The normalized spacial score (nSPS) is 9.92. The Morgan fingerprint density at radius 1 is 1.69 bits per heavy atom. The minimum absolute atomic E-state index is 0.0310. The van der Waals surface area contributed by atoms with Crippen molar-refractivity contribution in [1.82, 2.24) is 14.8 Å². The lowest BCUT2D eigenvalue weighted by atomic mass is 10.6. The number of anilines is 1. The number of hydrogen-bond donors (Lipinski definition) is 2. The van der Waals surface area contributed by atoms with Gasteiger partial charge in [0.1, 0.15) is 6.61 Å². The molecule has 0 aliphatic carbocycles. The van der Waals surface area contributed by atoms with E-state index >= 15 is 0 Å². The van der Waals surface area contributed by atoms with Gasteiger partial charge in [0.25, 0.3) is 5.91 Å². The van der Waals surface area contributed by atoms with Crippen LogP contribution in [0.2, 0.25) is 0 Å². The van der Waals surface area contributed by atoms with Gasteiger partial charge in [-0.1, -0.05) is 9.59 Å². The Balaban J connectivity index is 2.18. The first-order valence-electron chi connectivity index (χ1n) is 3.55. The molecule has 0 aliphatic heterocycles. The average Bonchev–Trinajstić information content (AvgIpc) is 2.57. The van der Waals surface area contributed by atoms with Crippen molar-refractivity contribution in [3.8, 4) is 0 Å². The van der Waals surface area contributed by atoms with E-state index in [0.717, 1.165) is 11.5 Å². The molecule has 0 saturated carbocycles. The zero-order valence-corrected chi connectivity index (χ0v) is 7.58. The molecule has 13 heavy (non-hydrogen) atoms. The van der Waals surface area contributed by atoms with Crippen LogP contribution >= 0.6 is 11.5 Å². The smallest absolute Gasteiger partial charge is 0.252 e. The number of ether oxygens (including phenoxy) is 1. The quantitative estimate of drug-likeness (QED) is 0.585. The van der Waals surface area contributed by atoms with Gasteiger partial charge in [-0.2, -0.15) is 0 Å². The molecule has 0 aromatic carbocycles. The summed E-state index contributed by atoms with van der Waals surface area (Å²) in [5.74, 6) is -0.285. The van der Waals surface area contributed by atoms with Crippen LogP contribution in [0.4, 0.5) is 5.13 Å². The van der Waals surface area contributed by atoms with E-state index in [1.54, 1.807) is 0 Å². The third-order valence-electron chi connectivity index (χ3n) is 1.04. The third kappa shape index (κ3) is 3.87. The van der Waals surface area contributed by atoms with Gasteiger partial charge in [0.15, 0.2) is 0 Å². The van der Waals surface area contributed by atoms with Gasteiger partial charge in [-0.25, -0.2) is 0 Å². The monoisotopic (exact) mass is 203 g/mol. The van der Waals surface area contributed by atoms with Crippen molar-refractivity contribution >= 4 is 22.6 Å². The summed E-state index contributed by atoms with van der Waals surface area (Å²) in [6.45, 7) is 0.728. The number of hydrogen-bond acceptors (Lipinski definition) is 7. The molecule has 8 heteroatoms. The Bertz CT molecular complexity index is 251. The number of carbonyl (C=O) groups excluding carboxylic acids is 1. The largest absolute Gasteiger partial charge is 0.370 e. The van der Waals surface area contributed by atoms with Gasteiger partial charge in [0.05, 0.1) is 6.61 Å². The van der Waals surface area contributed by atoms with Crippen LogP contribution in [0.5, 0.6) is 0 Å². The van der Waals surface area contributed by atoms with Crippen molar-refractivity contribution in [2.24, 2.45) is 5.73 Å². The summed E-state index contributed by atoms with van der Waals surface area (Å²) in [4.78, 5) is 11.0. The van der Waals surface area contributed by atoms with Crippen LogP contribution in [0.1, 0.15) is 0 Å². The Morgan fingerprint density at radius 2 is 2.54 bits per heavy atom. The molecule has 1 aromatic heterocycles. The molecule has 7 nitrogen and oxygen atoms in total. The van der Waals surface area contributed by atoms with Crippen LogP contribution in [0.15, 0.2) is 0 Å². The molecule has 3 N–H and O–H groups in total. The van der Waals surface area contributed by atoms with E-state index in [0.29, 0.717) is 18.3 Å². The maximum absolute atomic E-state index is 11.0. The SMILES string of the molecule is NCCOCC(=O)Nc1nnns1. The van der Waals surface area contributed by atoms with Crippen LogP contribution in [0, 0.1) is 0 Å². The number of aromatic nitrogens is 3. The number of nitrogens with one attached hydrogen (secondary N) is 1. The highest BCUT2D eigenvalue weighted by Crippen LogP contribution is 2.03. The minimum atomic E-state index is -0.285. The topological polar surface area (TPSA) is 103 Å². The zero-order valence-electron chi connectivity index (χ0n) is 6.77. The predicted molar refractivity (Wildman–Crippen MR) is 46.2 cm³/mol. The van der Waals surface area contributed by atoms with Crippen molar-refractivity contribution in [3.05, 3.63) is 0 Å². The van der Waals surface area contributed by atoms with Crippen LogP contribution in [-0.2, 0) is 9.53 Å². The molecule has 0 aliphatic rings. The Kier molecular flexibility index (Phi) is 4.23. The lowest BCUT2D eigenvalue weighted by molar-refractivity contribution is -0.120. The van der Waals surface area contributed by atoms with E-state index in [2.05, 4.69) is 20.1 Å². The molecular formula is C5H9N5O2S. The second-order valence-corrected chi connectivity index (χ2v) is 2.79. The fourth-order valence-electron chi connectivity index (χ4n) is 0.585. The third-order valence-corrected chi connectivity index (χ3v) is 1.55. The summed E-state index contributed by atoms with van der Waals surface area (Å²) in [5, 5.41) is 9.67. The van der Waals surface area contributed by atoms with Gasteiger partial charge in [-0.05, 0) is 5.21 Å². The molecule has 1 amide bonds. The van der Waals surface area contributed by atoms with E-state index < -0.39 is 0 Å². The zero-order chi connectivity index (χ0) is 9.52. The molecule has 0 radical (unpaired) electrons. The van der Waals surface area contributed by atoms with Gasteiger partial charge >= 0.3 is 0 Å². The first kappa shape index (κ1) is 9.96. The van der Waals surface area contributed by atoms with Gasteiger partial charge in [-0.3, -0.25) is 10.1 Å². The van der Waals surface area contributed by atoms with E-state index in [1.807, 2.05) is 0 Å². The second-order valence-electron chi connectivity index (χ2n) is 2.06. The lowest BCUT2D eigenvalue weighted by Crippen LogP contribution is -2.20. The van der Waals surface area contributed by atoms with Crippen molar-refractivity contribution < 1.29 is 9.53 Å². The summed E-state index contributed by atoms with van der Waals surface area (Å²) in [6.07, 6.45) is 0. The van der Waals surface area contributed by atoms with Gasteiger partial charge in [0.2, 0.25) is 5.13 Å². The molecule has 0 spiro atoms. The predicted octanol–water partition coefficient (Wildman–Crippen LogP) is -1.15. The van der Waals surface area contributed by atoms with E-state index in [9.17, 15) is 4.79 Å². The van der Waals surface area contributed by atoms with Gasteiger partial charge in [0, 0.05) is 18.1 Å². The molecule has 1 heterocycles. The van der Waals surface area contributed by atoms with Crippen LogP contribution in [-0.4, -0.2) is 40.5 Å². The van der Waals surface area contributed by atoms with E-state index in [4.69, 9.17) is 10.5 Å². The average molecular weight is 203 g/mol. The van der Waals surface area contributed by atoms with Crippen molar-refractivity contribution in [2.45, 2.75) is 0 Å². The number of rotatable bonds is 5. The molecule has 1 rings (SSSR count). The van der Waals surface area contributed by atoms with Crippen LogP contribution in [0.3, 0.4) is 0 Å². The molecule has 0 atom stereocenters. The minimum Gasteiger partial charge on any atom is -0.370 e. The van der Waals surface area contributed by atoms with Crippen molar-refractivity contribution in [2.75, 3.05) is 25.1 Å². The summed E-state index contributed by atoms with van der Waals surface area (Å²) < 4.78 is 8.37. The summed E-state index contributed by atoms with van der Waals surface area (Å²) in [5.41, 5.74) is 5.16. The summed E-state index contributed by atoms with van der Waals surface area (Å²) in [6, 6.07) is 0. The molecule has 72 valence electrons. The van der Waals surface area contributed by atoms with E-state index in [-0.39, 0.29) is 12.5 Å². The van der Waals surface area contributed by atoms with Gasteiger partial charge < -0.3 is 10.5 Å². The van der Waals surface area contributed by atoms with E-state index in [1.165, 1.54) is 0 Å². The Labute approximate surface area is 78.4 Å². The highest BCUT2D eigenvalue weighted by atomic mass is 32.1. The highest BCUT2D eigenvalue weighted by Gasteiger charge is 2.04. The molecule has 0 bridgehead atoms. The molecule has 0 fully saturated rings. The number of nitrogens with zero attached hydrogens (tertiary/aromatic N) is 3. The van der Waals surface area contributed by atoms with Crippen LogP contribution in [0.25, 0.3) is 0 Å². The Hall–Kier alpha value is -1.12. The highest BCUT2D eigenvalue weighted by molar-refractivity contribution is 7.09. The number of carbonyl (C=O) groups is 1. The molecule has 0 saturated heterocycles. The number of amides is 1. The van der Waals surface area contributed by atoms with Crippen LogP contribution < -0.4 is 11.1 Å². The molecule has 1 aromatic rings. The first-order chi connectivity index (χ1) is 6.33. The molecule has 0 unspecified atom stereocenters. The van der Waals surface area contributed by atoms with Crippen molar-refractivity contribution in [1.29, 1.82) is 0 Å². The summed E-state index contributed by atoms with van der Waals surface area (Å²) in [7, 11) is 0. The first-order valence-corrected chi connectivity index (χ1v) is 4.33. The lowest BCUT2D eigenvalue weighted by Gasteiger charge is -2.00. The maximum Gasteiger partial charge on any atom is 0.252 e. The van der Waals surface area contributed by atoms with Crippen molar-refractivity contribution in [3.63, 3.8) is 0 Å². The summed E-state index contributed by atoms with van der Waals surface area (Å²) >= 11 is 1.01. The fourth-order valence-corrected chi connectivity index (χ4v) is 0.968. The fraction of sp³-hybridized carbons (Fsp3) is 0.600. The Morgan fingerprint density at radius 3 is 3.15 bits per heavy atom. The van der Waals surface area contributed by atoms with Gasteiger partial charge in [-0.15, -0.1) is 0 Å². The second kappa shape index (κ2) is 5.51. The molecular weight excluding hydrogens is 194 g/mol. The maximum atomic E-state index is 11.0. The standard InChI is InChI=1S/C5H9N5O2S/c6-1-2-12-3-4(11)7-5-8-9-10-13-5/h1-3,6H2,(H,7,8,10,11). The number of nitrogens with two attached hydrogens (primary N) is 1.